The number of amides is 3. The molecule has 0 radical (unpaired) electrons. The van der Waals surface area contributed by atoms with Crippen LogP contribution in [0.4, 0.5) is 4.79 Å². The Morgan fingerprint density at radius 1 is 1.32 bits per heavy atom. The summed E-state index contributed by atoms with van der Waals surface area (Å²) < 4.78 is 5.15. The molecule has 0 aliphatic carbocycles. The molecular weight excluding hydrogens is 326 g/mol. The fourth-order valence-electron chi connectivity index (χ4n) is 2.54. The van der Waals surface area contributed by atoms with E-state index >= 15 is 0 Å². The van der Waals surface area contributed by atoms with E-state index < -0.39 is 35.6 Å². The van der Waals surface area contributed by atoms with Gasteiger partial charge in [0.15, 0.2) is 5.78 Å². The van der Waals surface area contributed by atoms with Crippen molar-refractivity contribution in [2.24, 2.45) is 5.73 Å². The fraction of sp³-hybridized carbons (Fsp3) is 0.647. The van der Waals surface area contributed by atoms with Crippen LogP contribution >= 0.6 is 0 Å². The van der Waals surface area contributed by atoms with Crippen molar-refractivity contribution < 1.29 is 23.9 Å². The molecule has 25 heavy (non-hydrogen) atoms. The first-order chi connectivity index (χ1) is 11.4. The zero-order valence-electron chi connectivity index (χ0n) is 15.3. The summed E-state index contributed by atoms with van der Waals surface area (Å²) in [6.07, 6.45) is 0.0342. The molecule has 1 rings (SSSR count). The minimum Gasteiger partial charge on any atom is -0.444 e. The van der Waals surface area contributed by atoms with Crippen LogP contribution in [0.3, 0.4) is 0 Å². The largest absolute Gasteiger partial charge is 0.444 e. The standard InChI is InChI=1S/C17H27N3O5/c1-10(2)13(21)9-11(19-16(24)25-17(3,4)5)15(23)20-8-6-7-12(20)14(18)22/h11-12H,1,6-9H2,2-5H3,(H2,18,22)(H,19,24)/t11-,12-/m0/s1. The number of ether oxygens (including phenoxy) is 1. The maximum atomic E-state index is 12.8. The number of hydrogen-bond acceptors (Lipinski definition) is 5. The van der Waals surface area contributed by atoms with E-state index in [-0.39, 0.29) is 17.8 Å². The molecule has 0 unspecified atom stereocenters. The predicted octanol–water partition coefficient (Wildman–Crippen LogP) is 0.891. The molecule has 0 aromatic carbocycles. The number of carbonyl (C=O) groups excluding carboxylic acids is 4. The number of ketones is 1. The van der Waals surface area contributed by atoms with Crippen LogP contribution in [0.2, 0.25) is 0 Å². The highest BCUT2D eigenvalue weighted by Crippen LogP contribution is 2.19. The summed E-state index contributed by atoms with van der Waals surface area (Å²) in [6, 6.07) is -1.87. The van der Waals surface area contributed by atoms with Crippen molar-refractivity contribution in [2.75, 3.05) is 6.54 Å². The molecule has 0 aromatic heterocycles. The van der Waals surface area contributed by atoms with E-state index in [1.807, 2.05) is 0 Å². The van der Waals surface area contributed by atoms with Crippen molar-refractivity contribution >= 4 is 23.7 Å². The van der Waals surface area contributed by atoms with Gasteiger partial charge in [-0.25, -0.2) is 4.79 Å². The second-order valence-corrected chi connectivity index (χ2v) is 7.20. The lowest BCUT2D eigenvalue weighted by Crippen LogP contribution is -2.54. The summed E-state index contributed by atoms with van der Waals surface area (Å²) in [5, 5.41) is 2.43. The maximum Gasteiger partial charge on any atom is 0.408 e. The molecule has 1 fully saturated rings. The second-order valence-electron chi connectivity index (χ2n) is 7.20. The van der Waals surface area contributed by atoms with Crippen LogP contribution in [-0.2, 0) is 19.1 Å². The van der Waals surface area contributed by atoms with Crippen LogP contribution in [0, 0.1) is 0 Å². The molecule has 1 heterocycles. The Kier molecular flexibility index (Phi) is 6.72. The van der Waals surface area contributed by atoms with E-state index in [0.29, 0.717) is 19.4 Å². The molecule has 0 spiro atoms. The van der Waals surface area contributed by atoms with Crippen LogP contribution in [0.25, 0.3) is 0 Å². The van der Waals surface area contributed by atoms with Crippen molar-refractivity contribution in [3.8, 4) is 0 Å². The highest BCUT2D eigenvalue weighted by atomic mass is 16.6. The lowest BCUT2D eigenvalue weighted by Gasteiger charge is -2.28. The lowest BCUT2D eigenvalue weighted by atomic mass is 10.0. The van der Waals surface area contributed by atoms with Crippen molar-refractivity contribution in [3.05, 3.63) is 12.2 Å². The first-order valence-electron chi connectivity index (χ1n) is 8.20. The van der Waals surface area contributed by atoms with E-state index in [1.54, 1.807) is 20.8 Å². The Morgan fingerprint density at radius 3 is 2.40 bits per heavy atom. The Labute approximate surface area is 147 Å². The molecule has 1 saturated heterocycles. The van der Waals surface area contributed by atoms with Crippen LogP contribution < -0.4 is 11.1 Å². The van der Waals surface area contributed by atoms with Gasteiger partial charge in [-0.1, -0.05) is 6.58 Å². The van der Waals surface area contributed by atoms with Gasteiger partial charge < -0.3 is 20.7 Å². The molecule has 3 amide bonds. The summed E-state index contributed by atoms with van der Waals surface area (Å²) in [5.41, 5.74) is 4.86. The average molecular weight is 353 g/mol. The monoisotopic (exact) mass is 353 g/mol. The van der Waals surface area contributed by atoms with Crippen molar-refractivity contribution in [2.45, 2.75) is 64.6 Å². The zero-order valence-corrected chi connectivity index (χ0v) is 15.3. The third-order valence-electron chi connectivity index (χ3n) is 3.72. The van der Waals surface area contributed by atoms with Crippen LogP contribution in [-0.4, -0.2) is 52.8 Å². The number of carbonyl (C=O) groups is 4. The Bertz CT molecular complexity index is 579. The van der Waals surface area contributed by atoms with Gasteiger partial charge >= 0.3 is 6.09 Å². The van der Waals surface area contributed by atoms with Gasteiger partial charge in [-0.3, -0.25) is 14.4 Å². The number of Topliss-reactive ketones (excluding diaryl/α,β-unsaturated/α-hetero) is 1. The predicted molar refractivity (Wildman–Crippen MR) is 91.5 cm³/mol. The number of likely N-dealkylation sites (tertiary alicyclic amines) is 1. The second kappa shape index (κ2) is 8.13. The molecule has 3 N–H and O–H groups in total. The molecule has 0 bridgehead atoms. The quantitative estimate of drug-likeness (QED) is 0.687. The summed E-state index contributed by atoms with van der Waals surface area (Å²) in [5.74, 6) is -1.49. The highest BCUT2D eigenvalue weighted by molar-refractivity contribution is 6.00. The maximum absolute atomic E-state index is 12.8. The summed E-state index contributed by atoms with van der Waals surface area (Å²) >= 11 is 0. The van der Waals surface area contributed by atoms with Crippen LogP contribution in [0.5, 0.6) is 0 Å². The number of allylic oxidation sites excluding steroid dienone is 1. The first-order valence-corrected chi connectivity index (χ1v) is 8.20. The van der Waals surface area contributed by atoms with Crippen molar-refractivity contribution in [1.29, 1.82) is 0 Å². The number of hydrogen-bond donors (Lipinski definition) is 2. The third-order valence-corrected chi connectivity index (χ3v) is 3.72. The zero-order chi connectivity index (χ0) is 19.4. The number of primary amides is 1. The lowest BCUT2D eigenvalue weighted by molar-refractivity contribution is -0.139. The van der Waals surface area contributed by atoms with E-state index in [0.717, 1.165) is 0 Å². The number of nitrogens with zero attached hydrogens (tertiary/aromatic N) is 1. The van der Waals surface area contributed by atoms with Crippen LogP contribution in [0.15, 0.2) is 12.2 Å². The van der Waals surface area contributed by atoms with Crippen LogP contribution in [0.1, 0.15) is 47.0 Å². The van der Waals surface area contributed by atoms with Crippen molar-refractivity contribution in [1.82, 2.24) is 10.2 Å². The number of nitrogens with two attached hydrogens (primary N) is 1. The topological polar surface area (TPSA) is 119 Å². The molecule has 140 valence electrons. The molecular formula is C17H27N3O5. The SMILES string of the molecule is C=C(C)C(=O)C[C@H](NC(=O)OC(C)(C)C)C(=O)N1CCC[C@H]1C(N)=O. The Balaban J connectivity index is 2.95. The molecule has 0 saturated carbocycles. The molecule has 1 aliphatic heterocycles. The summed E-state index contributed by atoms with van der Waals surface area (Å²) in [6.45, 7) is 10.5. The van der Waals surface area contributed by atoms with Gasteiger partial charge in [0, 0.05) is 13.0 Å². The van der Waals surface area contributed by atoms with Gasteiger partial charge in [0.2, 0.25) is 11.8 Å². The minimum absolute atomic E-state index is 0.255. The van der Waals surface area contributed by atoms with E-state index in [9.17, 15) is 19.2 Å². The summed E-state index contributed by atoms with van der Waals surface area (Å²) in [7, 11) is 0. The Hall–Kier alpha value is -2.38. The van der Waals surface area contributed by atoms with Gasteiger partial charge in [-0.15, -0.1) is 0 Å². The molecule has 2 atom stereocenters. The number of rotatable bonds is 6. The van der Waals surface area contributed by atoms with Gasteiger partial charge in [-0.2, -0.15) is 0 Å². The highest BCUT2D eigenvalue weighted by Gasteiger charge is 2.37. The van der Waals surface area contributed by atoms with E-state index in [1.165, 1.54) is 11.8 Å². The number of nitrogens with one attached hydrogen (secondary N) is 1. The van der Waals surface area contributed by atoms with Gasteiger partial charge in [0.1, 0.15) is 17.7 Å². The first kappa shape index (κ1) is 20.7. The number of alkyl carbamates (subject to hydrolysis) is 1. The molecule has 0 aromatic rings. The van der Waals surface area contributed by atoms with Crippen molar-refractivity contribution in [3.63, 3.8) is 0 Å². The summed E-state index contributed by atoms with van der Waals surface area (Å²) in [4.78, 5) is 49.6. The third kappa shape index (κ3) is 6.21. The minimum atomic E-state index is -1.14. The molecule has 1 aliphatic rings. The Morgan fingerprint density at radius 2 is 1.92 bits per heavy atom. The normalized spacial score (nSPS) is 18.4. The van der Waals surface area contributed by atoms with Gasteiger partial charge in [-0.05, 0) is 46.1 Å². The smallest absolute Gasteiger partial charge is 0.408 e. The average Bonchev–Trinajstić information content (AvgIpc) is 2.92. The van der Waals surface area contributed by atoms with Gasteiger partial charge in [0.25, 0.3) is 0 Å². The van der Waals surface area contributed by atoms with Gasteiger partial charge in [0.05, 0.1) is 0 Å². The van der Waals surface area contributed by atoms with E-state index in [4.69, 9.17) is 10.5 Å². The molecule has 8 heteroatoms. The molecule has 8 nitrogen and oxygen atoms in total. The van der Waals surface area contributed by atoms with E-state index in [2.05, 4.69) is 11.9 Å². The fourth-order valence-corrected chi connectivity index (χ4v) is 2.54.